The molecule has 0 bridgehead atoms. The molecule has 1 atom stereocenters. The average molecular weight is 486 g/mol. The van der Waals surface area contributed by atoms with E-state index in [2.05, 4.69) is 0 Å². The average Bonchev–Trinajstić information content (AvgIpc) is 2.58. The van der Waals surface area contributed by atoms with Crippen molar-refractivity contribution in [3.63, 3.8) is 0 Å². The van der Waals surface area contributed by atoms with Gasteiger partial charge in [-0.2, -0.15) is 61.5 Å². The Labute approximate surface area is 164 Å². The first-order valence-electron chi connectivity index (χ1n) is 8.05. The van der Waals surface area contributed by atoms with Crippen molar-refractivity contribution in [2.75, 3.05) is 0 Å². The van der Waals surface area contributed by atoms with E-state index in [1.54, 1.807) is 0 Å². The summed E-state index contributed by atoms with van der Waals surface area (Å²) in [5.74, 6) is -26.8. The van der Waals surface area contributed by atoms with E-state index in [1.807, 2.05) is 0 Å². The molecule has 0 aliphatic rings. The molecule has 0 amide bonds. The van der Waals surface area contributed by atoms with E-state index in [-0.39, 0.29) is 24.6 Å². The van der Waals surface area contributed by atoms with Gasteiger partial charge in [-0.15, -0.1) is 0 Å². The Bertz CT molecular complexity index is 721. The van der Waals surface area contributed by atoms with Crippen molar-refractivity contribution in [3.8, 4) is 0 Å². The number of benzene rings is 1. The standard InChI is InChI=1S/C16H12F14O/c1-2-4-9(31)10-7(11(17,18)13(21,22)15(25,26)27)5-3-6-8(10)12(19,20)14(23,24)16(28,29)30/h3,5-6,9,31H,2,4H2,1H3. The van der Waals surface area contributed by atoms with E-state index in [4.69, 9.17) is 0 Å². The van der Waals surface area contributed by atoms with Crippen molar-refractivity contribution in [1.82, 2.24) is 0 Å². The van der Waals surface area contributed by atoms with E-state index >= 15 is 0 Å². The molecule has 0 fully saturated rings. The second-order valence-electron chi connectivity index (χ2n) is 6.36. The number of aliphatic hydroxyl groups excluding tert-OH is 1. The molecule has 1 aromatic carbocycles. The van der Waals surface area contributed by atoms with Crippen molar-refractivity contribution in [3.05, 3.63) is 34.9 Å². The lowest BCUT2D eigenvalue weighted by Crippen LogP contribution is -2.52. The molecule has 0 saturated carbocycles. The molecule has 31 heavy (non-hydrogen) atoms. The van der Waals surface area contributed by atoms with Crippen molar-refractivity contribution in [2.45, 2.75) is 61.9 Å². The molecule has 180 valence electrons. The number of hydrogen-bond acceptors (Lipinski definition) is 1. The molecule has 0 aromatic heterocycles. The van der Waals surface area contributed by atoms with Gasteiger partial charge in [-0.1, -0.05) is 31.5 Å². The summed E-state index contributed by atoms with van der Waals surface area (Å²) in [5, 5.41) is 9.83. The molecule has 1 N–H and O–H groups in total. The van der Waals surface area contributed by atoms with Crippen LogP contribution in [0.3, 0.4) is 0 Å². The fourth-order valence-corrected chi connectivity index (χ4v) is 2.58. The highest BCUT2D eigenvalue weighted by Gasteiger charge is 2.76. The van der Waals surface area contributed by atoms with Crippen LogP contribution >= 0.6 is 0 Å². The third kappa shape index (κ3) is 4.29. The third-order valence-corrected chi connectivity index (χ3v) is 4.18. The summed E-state index contributed by atoms with van der Waals surface area (Å²) in [5.41, 5.74) is -7.64. The second kappa shape index (κ2) is 7.96. The van der Waals surface area contributed by atoms with Gasteiger partial charge in [0.25, 0.3) is 0 Å². The predicted molar refractivity (Wildman–Crippen MR) is 76.1 cm³/mol. The maximum atomic E-state index is 14.2. The smallest absolute Gasteiger partial charge is 0.388 e. The minimum atomic E-state index is -6.97. The topological polar surface area (TPSA) is 20.2 Å². The van der Waals surface area contributed by atoms with Gasteiger partial charge in [0.1, 0.15) is 0 Å². The van der Waals surface area contributed by atoms with Gasteiger partial charge in [-0.3, -0.25) is 0 Å². The molecule has 1 aromatic rings. The number of rotatable bonds is 7. The van der Waals surface area contributed by atoms with Crippen LogP contribution < -0.4 is 0 Å². The zero-order valence-electron chi connectivity index (χ0n) is 15.0. The van der Waals surface area contributed by atoms with Gasteiger partial charge in [0, 0.05) is 11.1 Å². The van der Waals surface area contributed by atoms with Gasteiger partial charge in [-0.05, 0) is 12.0 Å². The van der Waals surface area contributed by atoms with E-state index < -0.39 is 65.3 Å². The Morgan fingerprint density at radius 2 is 1.00 bits per heavy atom. The molecule has 0 heterocycles. The highest BCUT2D eigenvalue weighted by atomic mass is 19.4. The van der Waals surface area contributed by atoms with Crippen molar-refractivity contribution in [1.29, 1.82) is 0 Å². The first-order chi connectivity index (χ1) is 13.6. The maximum Gasteiger partial charge on any atom is 0.460 e. The van der Waals surface area contributed by atoms with Gasteiger partial charge in [0.05, 0.1) is 6.10 Å². The van der Waals surface area contributed by atoms with Crippen LogP contribution in [-0.2, 0) is 11.8 Å². The van der Waals surface area contributed by atoms with Crippen molar-refractivity contribution in [2.24, 2.45) is 0 Å². The molecular weight excluding hydrogens is 474 g/mol. The summed E-state index contributed by atoms with van der Waals surface area (Å²) in [6.07, 6.45) is -18.0. The van der Waals surface area contributed by atoms with E-state index in [0.717, 1.165) is 6.92 Å². The lowest BCUT2D eigenvalue weighted by atomic mass is 9.85. The molecule has 1 unspecified atom stereocenters. The summed E-state index contributed by atoms with van der Waals surface area (Å²) in [6, 6.07) is -0.744. The van der Waals surface area contributed by atoms with E-state index in [0.29, 0.717) is 0 Å². The second-order valence-corrected chi connectivity index (χ2v) is 6.36. The summed E-state index contributed by atoms with van der Waals surface area (Å²) >= 11 is 0. The molecule has 1 nitrogen and oxygen atoms in total. The molecular formula is C16H12F14O. The number of halogens is 14. The minimum Gasteiger partial charge on any atom is -0.388 e. The highest BCUT2D eigenvalue weighted by molar-refractivity contribution is 5.44. The van der Waals surface area contributed by atoms with Gasteiger partial charge >= 0.3 is 36.0 Å². The fraction of sp³-hybridized carbons (Fsp3) is 0.625. The lowest BCUT2D eigenvalue weighted by molar-refractivity contribution is -0.361. The quantitative estimate of drug-likeness (QED) is 0.408. The molecule has 0 radical (unpaired) electrons. The largest absolute Gasteiger partial charge is 0.460 e. The van der Waals surface area contributed by atoms with Gasteiger partial charge in [0.15, 0.2) is 0 Å². The lowest BCUT2D eigenvalue weighted by Gasteiger charge is -2.34. The Hall–Kier alpha value is -1.80. The van der Waals surface area contributed by atoms with E-state index in [1.165, 1.54) is 0 Å². The van der Waals surface area contributed by atoms with Gasteiger partial charge in [-0.25, -0.2) is 0 Å². The first-order valence-corrected chi connectivity index (χ1v) is 8.05. The monoisotopic (exact) mass is 486 g/mol. The Balaban J connectivity index is 4.01. The van der Waals surface area contributed by atoms with Gasteiger partial charge < -0.3 is 5.11 Å². The Kier molecular flexibility index (Phi) is 6.99. The number of aliphatic hydroxyl groups is 1. The maximum absolute atomic E-state index is 14.2. The van der Waals surface area contributed by atoms with Crippen molar-refractivity contribution >= 4 is 0 Å². The fourth-order valence-electron chi connectivity index (χ4n) is 2.58. The molecule has 1 rings (SSSR count). The summed E-state index contributed by atoms with van der Waals surface area (Å²) in [6.45, 7) is 1.14. The number of hydrogen-bond donors (Lipinski definition) is 1. The van der Waals surface area contributed by atoms with Crippen LogP contribution in [0.1, 0.15) is 42.6 Å². The Morgan fingerprint density at radius 1 is 0.677 bits per heavy atom. The Morgan fingerprint density at radius 3 is 1.26 bits per heavy atom. The van der Waals surface area contributed by atoms with Crippen LogP contribution in [0.4, 0.5) is 61.5 Å². The molecule has 0 aliphatic carbocycles. The van der Waals surface area contributed by atoms with Crippen molar-refractivity contribution < 1.29 is 66.6 Å². The molecule has 0 spiro atoms. The van der Waals surface area contributed by atoms with Gasteiger partial charge in [0.2, 0.25) is 0 Å². The summed E-state index contributed by atoms with van der Waals surface area (Å²) in [4.78, 5) is 0. The van der Waals surface area contributed by atoms with Crippen LogP contribution in [0.5, 0.6) is 0 Å². The zero-order chi connectivity index (χ0) is 24.8. The summed E-state index contributed by atoms with van der Waals surface area (Å²) in [7, 11) is 0. The third-order valence-electron chi connectivity index (χ3n) is 4.18. The molecule has 15 heteroatoms. The van der Waals surface area contributed by atoms with Crippen LogP contribution in [0.15, 0.2) is 18.2 Å². The highest BCUT2D eigenvalue weighted by Crippen LogP contribution is 2.57. The van der Waals surface area contributed by atoms with E-state index in [9.17, 15) is 66.6 Å². The minimum absolute atomic E-state index is 0.131. The first kappa shape index (κ1) is 27.2. The predicted octanol–water partition coefficient (Wildman–Crippen LogP) is 7.10. The SMILES string of the molecule is CCCC(O)c1c(C(F)(F)C(F)(F)C(F)(F)F)cccc1C(F)(F)C(F)(F)C(F)(F)F. The zero-order valence-corrected chi connectivity index (χ0v) is 15.0. The van der Waals surface area contributed by atoms with Crippen LogP contribution in [0, 0.1) is 0 Å². The molecule has 0 saturated heterocycles. The summed E-state index contributed by atoms with van der Waals surface area (Å²) < 4.78 is 185. The van der Waals surface area contributed by atoms with Crippen LogP contribution in [0.25, 0.3) is 0 Å². The van der Waals surface area contributed by atoms with Crippen LogP contribution in [0.2, 0.25) is 0 Å². The molecule has 0 aliphatic heterocycles. The number of alkyl halides is 14. The van der Waals surface area contributed by atoms with Crippen LogP contribution in [-0.4, -0.2) is 29.3 Å². The normalized spacial score (nSPS) is 15.9.